The predicted molar refractivity (Wildman–Crippen MR) is 63.1 cm³/mol. The van der Waals surface area contributed by atoms with Crippen molar-refractivity contribution in [2.45, 2.75) is 58.8 Å². The lowest BCUT2D eigenvalue weighted by molar-refractivity contribution is -0.142. The van der Waals surface area contributed by atoms with Gasteiger partial charge in [0.1, 0.15) is 11.6 Å². The largest absolute Gasteiger partial charge is 0.299 e. The molecule has 0 aromatic heterocycles. The third-order valence-electron chi connectivity index (χ3n) is 4.12. The molecule has 2 heteroatoms. The maximum atomic E-state index is 12.1. The molecular weight excluding hydrogens is 200 g/mol. The minimum Gasteiger partial charge on any atom is -0.299 e. The van der Waals surface area contributed by atoms with Gasteiger partial charge in [0.25, 0.3) is 0 Å². The van der Waals surface area contributed by atoms with Crippen LogP contribution in [0.2, 0.25) is 0 Å². The topological polar surface area (TPSA) is 34.1 Å². The van der Waals surface area contributed by atoms with Crippen molar-refractivity contribution in [2.24, 2.45) is 17.3 Å². The normalized spacial score (nSPS) is 28.4. The monoisotopic (exact) mass is 222 g/mol. The molecule has 0 saturated heterocycles. The minimum atomic E-state index is -0.242. The van der Waals surface area contributed by atoms with Crippen LogP contribution >= 0.6 is 0 Å². The zero-order valence-corrected chi connectivity index (χ0v) is 10.4. The van der Waals surface area contributed by atoms with Crippen molar-refractivity contribution in [3.63, 3.8) is 0 Å². The van der Waals surface area contributed by atoms with E-state index in [1.165, 1.54) is 19.3 Å². The van der Waals surface area contributed by atoms with Crippen molar-refractivity contribution in [2.75, 3.05) is 0 Å². The SMILES string of the molecule is CC1(C)CC(=O)C(C2CCCCC2)C(=O)C1. The fourth-order valence-corrected chi connectivity index (χ4v) is 3.40. The third kappa shape index (κ3) is 2.36. The number of ketones is 2. The van der Waals surface area contributed by atoms with Crippen LogP contribution < -0.4 is 0 Å². The van der Waals surface area contributed by atoms with Gasteiger partial charge in [-0.25, -0.2) is 0 Å². The fraction of sp³-hybridized carbons (Fsp3) is 0.857. The molecule has 0 unspecified atom stereocenters. The Bertz CT molecular complexity index is 278. The molecular formula is C14H22O2. The van der Waals surface area contributed by atoms with Crippen molar-refractivity contribution in [1.82, 2.24) is 0 Å². The van der Waals surface area contributed by atoms with Gasteiger partial charge in [0, 0.05) is 12.8 Å². The first-order chi connectivity index (χ1) is 7.49. The van der Waals surface area contributed by atoms with Crippen LogP contribution in [-0.2, 0) is 9.59 Å². The van der Waals surface area contributed by atoms with Gasteiger partial charge in [-0.05, 0) is 24.2 Å². The molecule has 0 spiro atoms. The van der Waals surface area contributed by atoms with Crippen molar-refractivity contribution < 1.29 is 9.59 Å². The molecule has 0 amide bonds. The summed E-state index contributed by atoms with van der Waals surface area (Å²) in [5.74, 6) is 0.555. The first kappa shape index (κ1) is 11.8. The average molecular weight is 222 g/mol. The second-order valence-electron chi connectivity index (χ2n) is 6.33. The molecule has 0 heterocycles. The molecule has 0 radical (unpaired) electrons. The number of carbonyl (C=O) groups excluding carboxylic acids is 2. The number of carbonyl (C=O) groups is 2. The number of hydrogen-bond acceptors (Lipinski definition) is 2. The average Bonchev–Trinajstić information content (AvgIpc) is 2.16. The van der Waals surface area contributed by atoms with E-state index in [1.807, 2.05) is 13.8 Å². The lowest BCUT2D eigenvalue weighted by Gasteiger charge is -2.36. The van der Waals surface area contributed by atoms with E-state index < -0.39 is 0 Å². The molecule has 2 aliphatic carbocycles. The first-order valence-electron chi connectivity index (χ1n) is 6.55. The lowest BCUT2D eigenvalue weighted by atomic mass is 9.65. The Labute approximate surface area is 97.8 Å². The first-order valence-corrected chi connectivity index (χ1v) is 6.55. The highest BCUT2D eigenvalue weighted by atomic mass is 16.2. The smallest absolute Gasteiger partial charge is 0.144 e. The van der Waals surface area contributed by atoms with Crippen molar-refractivity contribution in [3.05, 3.63) is 0 Å². The van der Waals surface area contributed by atoms with E-state index in [9.17, 15) is 9.59 Å². The van der Waals surface area contributed by atoms with Gasteiger partial charge in [0.05, 0.1) is 5.92 Å². The summed E-state index contributed by atoms with van der Waals surface area (Å²) in [6.45, 7) is 4.06. The Morgan fingerprint density at radius 3 is 1.94 bits per heavy atom. The summed E-state index contributed by atoms with van der Waals surface area (Å²) in [4.78, 5) is 24.2. The number of rotatable bonds is 1. The van der Waals surface area contributed by atoms with Gasteiger partial charge < -0.3 is 0 Å². The van der Waals surface area contributed by atoms with Gasteiger partial charge in [-0.2, -0.15) is 0 Å². The summed E-state index contributed by atoms with van der Waals surface area (Å²) in [5.41, 5.74) is -0.0979. The quantitative estimate of drug-likeness (QED) is 0.639. The van der Waals surface area contributed by atoms with Gasteiger partial charge in [0.2, 0.25) is 0 Å². The van der Waals surface area contributed by atoms with E-state index in [-0.39, 0.29) is 22.9 Å². The van der Waals surface area contributed by atoms with E-state index >= 15 is 0 Å². The highest BCUT2D eigenvalue weighted by Crippen LogP contribution is 2.40. The molecule has 0 bridgehead atoms. The summed E-state index contributed by atoms with van der Waals surface area (Å²) in [5, 5.41) is 0. The fourth-order valence-electron chi connectivity index (χ4n) is 3.40. The maximum absolute atomic E-state index is 12.1. The van der Waals surface area contributed by atoms with E-state index in [2.05, 4.69) is 0 Å². The predicted octanol–water partition coefficient (Wildman–Crippen LogP) is 3.14. The van der Waals surface area contributed by atoms with Crippen LogP contribution in [0.25, 0.3) is 0 Å². The Hall–Kier alpha value is -0.660. The maximum Gasteiger partial charge on any atom is 0.144 e. The summed E-state index contributed by atoms with van der Waals surface area (Å²) < 4.78 is 0. The Morgan fingerprint density at radius 2 is 1.44 bits per heavy atom. The van der Waals surface area contributed by atoms with Crippen molar-refractivity contribution >= 4 is 11.6 Å². The zero-order chi connectivity index (χ0) is 11.8. The molecule has 2 saturated carbocycles. The van der Waals surface area contributed by atoms with E-state index in [4.69, 9.17) is 0 Å². The van der Waals surface area contributed by atoms with Crippen LogP contribution in [0.5, 0.6) is 0 Å². The van der Waals surface area contributed by atoms with Gasteiger partial charge in [0.15, 0.2) is 0 Å². The molecule has 0 aliphatic heterocycles. The Morgan fingerprint density at radius 1 is 0.938 bits per heavy atom. The van der Waals surface area contributed by atoms with Crippen LogP contribution in [0.1, 0.15) is 58.8 Å². The Kier molecular flexibility index (Phi) is 3.18. The van der Waals surface area contributed by atoms with Gasteiger partial charge in [-0.3, -0.25) is 9.59 Å². The molecule has 2 nitrogen and oxygen atoms in total. The highest BCUT2D eigenvalue weighted by Gasteiger charge is 2.43. The summed E-state index contributed by atoms with van der Waals surface area (Å²) >= 11 is 0. The van der Waals surface area contributed by atoms with Crippen LogP contribution in [0.3, 0.4) is 0 Å². The summed E-state index contributed by atoms with van der Waals surface area (Å²) in [6.07, 6.45) is 7.04. The molecule has 0 aromatic rings. The molecule has 90 valence electrons. The molecule has 2 fully saturated rings. The molecule has 2 aliphatic rings. The van der Waals surface area contributed by atoms with Crippen LogP contribution in [0, 0.1) is 17.3 Å². The molecule has 0 atom stereocenters. The second kappa shape index (κ2) is 4.31. The van der Waals surface area contributed by atoms with E-state index in [0.717, 1.165) is 12.8 Å². The van der Waals surface area contributed by atoms with Crippen LogP contribution in [0.4, 0.5) is 0 Å². The van der Waals surface area contributed by atoms with Gasteiger partial charge in [-0.1, -0.05) is 33.1 Å². The summed E-state index contributed by atoms with van der Waals surface area (Å²) in [7, 11) is 0. The van der Waals surface area contributed by atoms with Crippen molar-refractivity contribution in [1.29, 1.82) is 0 Å². The molecule has 2 rings (SSSR count). The van der Waals surface area contributed by atoms with E-state index in [1.54, 1.807) is 0 Å². The minimum absolute atomic E-state index is 0.0979. The highest BCUT2D eigenvalue weighted by molar-refractivity contribution is 6.05. The van der Waals surface area contributed by atoms with Gasteiger partial charge >= 0.3 is 0 Å². The lowest BCUT2D eigenvalue weighted by Crippen LogP contribution is -2.41. The van der Waals surface area contributed by atoms with Gasteiger partial charge in [-0.15, -0.1) is 0 Å². The molecule has 0 aromatic carbocycles. The van der Waals surface area contributed by atoms with E-state index in [0.29, 0.717) is 18.8 Å². The summed E-state index contributed by atoms with van der Waals surface area (Å²) in [6, 6.07) is 0. The number of hydrogen-bond donors (Lipinski definition) is 0. The molecule has 0 N–H and O–H groups in total. The zero-order valence-electron chi connectivity index (χ0n) is 10.4. The third-order valence-corrected chi connectivity index (χ3v) is 4.12. The second-order valence-corrected chi connectivity index (χ2v) is 6.33. The van der Waals surface area contributed by atoms with Crippen LogP contribution in [0.15, 0.2) is 0 Å². The number of Topliss-reactive ketones (excluding diaryl/α,β-unsaturated/α-hetero) is 2. The standard InChI is InChI=1S/C14H22O2/c1-14(2)8-11(15)13(12(16)9-14)10-6-4-3-5-7-10/h10,13H,3-9H2,1-2H3. The Balaban J connectivity index is 2.09. The van der Waals surface area contributed by atoms with Crippen molar-refractivity contribution in [3.8, 4) is 0 Å². The molecule has 16 heavy (non-hydrogen) atoms. The van der Waals surface area contributed by atoms with Crippen LogP contribution in [-0.4, -0.2) is 11.6 Å².